The molecular formula is C34H37N3O3. The van der Waals surface area contributed by atoms with Crippen LogP contribution in [-0.2, 0) is 11.3 Å². The number of nitrogens with two attached hydrogens (primary N) is 1. The van der Waals surface area contributed by atoms with Crippen LogP contribution in [0.4, 0.5) is 5.69 Å². The molecule has 0 saturated heterocycles. The Kier molecular flexibility index (Phi) is 10.5. The molecule has 0 aromatic heterocycles. The minimum atomic E-state index is -0.450. The fourth-order valence-electron chi connectivity index (χ4n) is 4.66. The zero-order valence-corrected chi connectivity index (χ0v) is 23.0. The van der Waals surface area contributed by atoms with Crippen molar-refractivity contribution in [2.24, 2.45) is 5.73 Å². The summed E-state index contributed by atoms with van der Waals surface area (Å²) in [6.07, 6.45) is 1.28. The van der Waals surface area contributed by atoms with Crippen molar-refractivity contribution in [2.45, 2.75) is 32.2 Å². The number of ether oxygens (including phenoxy) is 1. The number of nitrogens with one attached hydrogen (secondary N) is 1. The summed E-state index contributed by atoms with van der Waals surface area (Å²) in [5.41, 5.74) is 10.3. The summed E-state index contributed by atoms with van der Waals surface area (Å²) < 4.78 is 5.96. The molecule has 0 bridgehead atoms. The molecule has 6 nitrogen and oxygen atoms in total. The highest BCUT2D eigenvalue weighted by Gasteiger charge is 2.19. The average molecular weight is 536 g/mol. The van der Waals surface area contributed by atoms with E-state index in [4.69, 9.17) is 10.5 Å². The SMILES string of the molecule is CCC(=O)Nc1ccc(CN(CCCOc2ccc(C(N)=O)cc2)CC(c2ccccc2)c2ccccc2)cc1. The first-order valence-electron chi connectivity index (χ1n) is 13.8. The summed E-state index contributed by atoms with van der Waals surface area (Å²) >= 11 is 0. The lowest BCUT2D eigenvalue weighted by Gasteiger charge is -2.28. The molecule has 40 heavy (non-hydrogen) atoms. The molecule has 206 valence electrons. The van der Waals surface area contributed by atoms with Gasteiger partial charge in [0.15, 0.2) is 0 Å². The Balaban J connectivity index is 1.47. The topological polar surface area (TPSA) is 84.7 Å². The van der Waals surface area contributed by atoms with Crippen LogP contribution in [0.15, 0.2) is 109 Å². The normalized spacial score (nSPS) is 11.0. The number of anilines is 1. The minimum Gasteiger partial charge on any atom is -0.494 e. The maximum atomic E-state index is 11.8. The predicted molar refractivity (Wildman–Crippen MR) is 160 cm³/mol. The van der Waals surface area contributed by atoms with Crippen LogP contribution in [0.25, 0.3) is 0 Å². The van der Waals surface area contributed by atoms with E-state index in [9.17, 15) is 9.59 Å². The maximum absolute atomic E-state index is 11.8. The second kappa shape index (κ2) is 14.7. The van der Waals surface area contributed by atoms with Gasteiger partial charge < -0.3 is 15.8 Å². The van der Waals surface area contributed by atoms with Gasteiger partial charge in [-0.15, -0.1) is 0 Å². The number of primary amides is 1. The number of hydrogen-bond donors (Lipinski definition) is 2. The maximum Gasteiger partial charge on any atom is 0.248 e. The second-order valence-electron chi connectivity index (χ2n) is 9.80. The molecule has 4 aromatic carbocycles. The van der Waals surface area contributed by atoms with Crippen LogP contribution in [-0.4, -0.2) is 36.4 Å². The highest BCUT2D eigenvalue weighted by Crippen LogP contribution is 2.27. The lowest BCUT2D eigenvalue weighted by molar-refractivity contribution is -0.115. The summed E-state index contributed by atoms with van der Waals surface area (Å²) in [6.45, 7) is 4.85. The second-order valence-corrected chi connectivity index (χ2v) is 9.80. The molecule has 3 N–H and O–H groups in total. The molecule has 4 rings (SSSR count). The molecule has 0 spiro atoms. The van der Waals surface area contributed by atoms with Gasteiger partial charge in [-0.1, -0.05) is 79.7 Å². The van der Waals surface area contributed by atoms with Crippen molar-refractivity contribution in [3.05, 3.63) is 131 Å². The Morgan fingerprint density at radius 1 is 0.825 bits per heavy atom. The summed E-state index contributed by atoms with van der Waals surface area (Å²) in [7, 11) is 0. The van der Waals surface area contributed by atoms with Crippen molar-refractivity contribution < 1.29 is 14.3 Å². The molecule has 0 aliphatic carbocycles. The molecular weight excluding hydrogens is 498 g/mol. The van der Waals surface area contributed by atoms with E-state index in [-0.39, 0.29) is 11.8 Å². The Bertz CT molecular complexity index is 1300. The number of amides is 2. The van der Waals surface area contributed by atoms with E-state index >= 15 is 0 Å². The first-order valence-corrected chi connectivity index (χ1v) is 13.8. The minimum absolute atomic E-state index is 0.00667. The Hall–Kier alpha value is -4.42. The summed E-state index contributed by atoms with van der Waals surface area (Å²) in [5, 5.41) is 2.92. The van der Waals surface area contributed by atoms with Gasteiger partial charge in [0.25, 0.3) is 0 Å². The molecule has 6 heteroatoms. The standard InChI is InChI=1S/C34H37N3O3/c1-2-33(38)36-30-18-14-26(15-19-30)24-37(22-9-23-40-31-20-16-29(17-21-31)34(35)39)25-32(27-10-5-3-6-11-27)28-12-7-4-8-13-28/h3-8,10-21,32H,2,9,22-25H2,1H3,(H2,35,39)(H,36,38). The third-order valence-electron chi connectivity index (χ3n) is 6.84. The van der Waals surface area contributed by atoms with Gasteiger partial charge in [-0.2, -0.15) is 0 Å². The van der Waals surface area contributed by atoms with Crippen LogP contribution in [0, 0.1) is 0 Å². The quantitative estimate of drug-likeness (QED) is 0.187. The van der Waals surface area contributed by atoms with Gasteiger partial charge in [-0.05, 0) is 59.5 Å². The van der Waals surface area contributed by atoms with Crippen molar-refractivity contribution in [1.29, 1.82) is 0 Å². The van der Waals surface area contributed by atoms with Crippen LogP contribution >= 0.6 is 0 Å². The monoisotopic (exact) mass is 535 g/mol. The number of hydrogen-bond acceptors (Lipinski definition) is 4. The van der Waals surface area contributed by atoms with Crippen molar-refractivity contribution >= 4 is 17.5 Å². The van der Waals surface area contributed by atoms with E-state index in [0.717, 1.165) is 31.7 Å². The van der Waals surface area contributed by atoms with E-state index in [2.05, 4.69) is 83.0 Å². The number of nitrogens with zero attached hydrogens (tertiary/aromatic N) is 1. The van der Waals surface area contributed by atoms with Crippen LogP contribution in [0.3, 0.4) is 0 Å². The average Bonchev–Trinajstić information content (AvgIpc) is 2.99. The van der Waals surface area contributed by atoms with E-state index < -0.39 is 5.91 Å². The molecule has 2 amide bonds. The Morgan fingerprint density at radius 2 is 1.43 bits per heavy atom. The highest BCUT2D eigenvalue weighted by atomic mass is 16.5. The summed E-state index contributed by atoms with van der Waals surface area (Å²) in [5.74, 6) is 0.488. The number of carbonyl (C=O) groups is 2. The molecule has 0 unspecified atom stereocenters. The fraction of sp³-hybridized carbons (Fsp3) is 0.235. The van der Waals surface area contributed by atoms with Crippen LogP contribution in [0.1, 0.15) is 52.7 Å². The lowest BCUT2D eigenvalue weighted by Crippen LogP contribution is -2.30. The molecule has 0 aliphatic heterocycles. The molecule has 0 heterocycles. The number of rotatable bonds is 14. The third kappa shape index (κ3) is 8.55. The van der Waals surface area contributed by atoms with E-state index in [1.165, 1.54) is 16.7 Å². The van der Waals surface area contributed by atoms with Gasteiger partial charge in [-0.3, -0.25) is 14.5 Å². The highest BCUT2D eigenvalue weighted by molar-refractivity contribution is 5.92. The zero-order chi connectivity index (χ0) is 28.2. The van der Waals surface area contributed by atoms with E-state index in [0.29, 0.717) is 24.3 Å². The van der Waals surface area contributed by atoms with Gasteiger partial charge in [0.1, 0.15) is 5.75 Å². The van der Waals surface area contributed by atoms with Crippen LogP contribution < -0.4 is 15.8 Å². The zero-order valence-electron chi connectivity index (χ0n) is 23.0. The van der Waals surface area contributed by atoms with Crippen LogP contribution in [0.5, 0.6) is 5.75 Å². The molecule has 4 aromatic rings. The molecule has 0 radical (unpaired) electrons. The van der Waals surface area contributed by atoms with E-state index in [1.807, 2.05) is 19.1 Å². The lowest BCUT2D eigenvalue weighted by atomic mass is 9.90. The van der Waals surface area contributed by atoms with Gasteiger partial charge in [0.05, 0.1) is 6.61 Å². The Morgan fingerprint density at radius 3 is 1.98 bits per heavy atom. The first kappa shape index (κ1) is 28.6. The third-order valence-corrected chi connectivity index (χ3v) is 6.84. The summed E-state index contributed by atoms with van der Waals surface area (Å²) in [4.78, 5) is 25.6. The summed E-state index contributed by atoms with van der Waals surface area (Å²) in [6, 6.07) is 36.3. The molecule has 0 atom stereocenters. The van der Waals surface area contributed by atoms with Crippen molar-refractivity contribution in [1.82, 2.24) is 4.90 Å². The van der Waals surface area contributed by atoms with Crippen LogP contribution in [0.2, 0.25) is 0 Å². The van der Waals surface area contributed by atoms with Crippen molar-refractivity contribution in [3.63, 3.8) is 0 Å². The van der Waals surface area contributed by atoms with Crippen molar-refractivity contribution in [2.75, 3.05) is 25.0 Å². The molecule has 0 saturated carbocycles. The largest absolute Gasteiger partial charge is 0.494 e. The molecule has 0 aliphatic rings. The number of carbonyl (C=O) groups excluding carboxylic acids is 2. The van der Waals surface area contributed by atoms with Crippen molar-refractivity contribution in [3.8, 4) is 5.75 Å². The van der Waals surface area contributed by atoms with Gasteiger partial charge in [-0.25, -0.2) is 0 Å². The van der Waals surface area contributed by atoms with Gasteiger partial charge in [0.2, 0.25) is 11.8 Å². The fourth-order valence-corrected chi connectivity index (χ4v) is 4.66. The Labute approximate surface area is 236 Å². The first-order chi connectivity index (χ1) is 19.5. The van der Waals surface area contributed by atoms with Gasteiger partial charge in [0, 0.05) is 43.2 Å². The van der Waals surface area contributed by atoms with Gasteiger partial charge >= 0.3 is 0 Å². The predicted octanol–water partition coefficient (Wildman–Crippen LogP) is 6.24. The number of benzene rings is 4. The smallest absolute Gasteiger partial charge is 0.248 e. The molecule has 0 fully saturated rings. The van der Waals surface area contributed by atoms with E-state index in [1.54, 1.807) is 24.3 Å².